The molecule has 19 heavy (non-hydrogen) atoms. The summed E-state index contributed by atoms with van der Waals surface area (Å²) in [5.41, 5.74) is 1.22. The molecule has 0 saturated heterocycles. The van der Waals surface area contributed by atoms with Crippen molar-refractivity contribution in [2.45, 2.75) is 52.5 Å². The molecular weight excluding hydrogens is 254 g/mol. The highest BCUT2D eigenvalue weighted by molar-refractivity contribution is 7.14. The summed E-state index contributed by atoms with van der Waals surface area (Å²) in [5, 5.41) is 3.24. The van der Waals surface area contributed by atoms with Crippen molar-refractivity contribution in [3.63, 3.8) is 0 Å². The highest BCUT2D eigenvalue weighted by Gasteiger charge is 2.42. The number of hydrogen-bond acceptors (Lipinski definition) is 2. The van der Waals surface area contributed by atoms with Crippen LogP contribution in [0.15, 0.2) is 6.07 Å². The number of thiophene rings is 1. The van der Waals surface area contributed by atoms with E-state index in [0.29, 0.717) is 12.0 Å². The van der Waals surface area contributed by atoms with Crippen molar-refractivity contribution >= 4 is 17.2 Å². The average molecular weight is 277 g/mol. The van der Waals surface area contributed by atoms with Crippen molar-refractivity contribution in [2.75, 3.05) is 0 Å². The van der Waals surface area contributed by atoms with Gasteiger partial charge < -0.3 is 5.32 Å². The molecule has 2 fully saturated rings. The van der Waals surface area contributed by atoms with E-state index in [-0.39, 0.29) is 5.91 Å². The van der Waals surface area contributed by atoms with Gasteiger partial charge in [-0.15, -0.1) is 11.3 Å². The van der Waals surface area contributed by atoms with Crippen LogP contribution >= 0.6 is 11.3 Å². The molecule has 2 nitrogen and oxygen atoms in total. The van der Waals surface area contributed by atoms with Gasteiger partial charge in [0.25, 0.3) is 5.91 Å². The van der Waals surface area contributed by atoms with Crippen LogP contribution < -0.4 is 5.32 Å². The Balaban J connectivity index is 1.63. The molecule has 0 radical (unpaired) electrons. The number of carbonyl (C=O) groups excluding carboxylic acids is 1. The summed E-state index contributed by atoms with van der Waals surface area (Å²) in [6.45, 7) is 6.34. The Hall–Kier alpha value is -0.830. The molecule has 4 atom stereocenters. The number of amides is 1. The molecule has 0 aromatic carbocycles. The minimum absolute atomic E-state index is 0.122. The lowest BCUT2D eigenvalue weighted by Crippen LogP contribution is -2.39. The van der Waals surface area contributed by atoms with Gasteiger partial charge in [-0.05, 0) is 69.4 Å². The largest absolute Gasteiger partial charge is 0.349 e. The Bertz CT molecular complexity index is 473. The number of carbonyl (C=O) groups is 1. The van der Waals surface area contributed by atoms with Crippen LogP contribution in [0.1, 0.15) is 52.7 Å². The smallest absolute Gasteiger partial charge is 0.261 e. The molecular formula is C16H23NOS. The Labute approximate surface area is 119 Å². The molecule has 1 N–H and O–H groups in total. The van der Waals surface area contributed by atoms with Crippen molar-refractivity contribution in [2.24, 2.45) is 17.8 Å². The molecule has 1 amide bonds. The molecule has 3 rings (SSSR count). The van der Waals surface area contributed by atoms with E-state index in [2.05, 4.69) is 26.1 Å². The van der Waals surface area contributed by atoms with Crippen molar-refractivity contribution < 1.29 is 4.79 Å². The summed E-state index contributed by atoms with van der Waals surface area (Å²) in [6, 6.07) is 2.34. The SMILES string of the molecule is Cc1cc(C(=O)N[C@@H](C)[C@@H]2C[C@@H]3CC[C@@H]2C3)sc1C. The third-order valence-electron chi connectivity index (χ3n) is 5.18. The topological polar surface area (TPSA) is 29.1 Å². The standard InChI is InChI=1S/C16H23NOS/c1-9-6-15(19-11(9)3)16(18)17-10(2)14-8-12-4-5-13(14)7-12/h6,10,12-14H,4-5,7-8H2,1-3H3,(H,17,18)/t10-,12+,13+,14-/m0/s1. The molecule has 1 aromatic heterocycles. The second kappa shape index (κ2) is 4.93. The first kappa shape index (κ1) is 13.2. The van der Waals surface area contributed by atoms with E-state index in [0.717, 1.165) is 16.7 Å². The lowest BCUT2D eigenvalue weighted by molar-refractivity contribution is 0.0919. The molecule has 2 aliphatic carbocycles. The summed E-state index contributed by atoms with van der Waals surface area (Å²) >= 11 is 1.61. The Kier molecular flexibility index (Phi) is 3.42. The van der Waals surface area contributed by atoms with E-state index < -0.39 is 0 Å². The predicted octanol–water partition coefficient (Wildman–Crippen LogP) is 3.92. The maximum atomic E-state index is 12.3. The summed E-state index contributed by atoms with van der Waals surface area (Å²) in [4.78, 5) is 14.4. The molecule has 1 heterocycles. The fourth-order valence-corrected chi connectivity index (χ4v) is 4.91. The van der Waals surface area contributed by atoms with Gasteiger partial charge in [0, 0.05) is 10.9 Å². The van der Waals surface area contributed by atoms with Gasteiger partial charge in [0.2, 0.25) is 0 Å². The second-order valence-electron chi connectivity index (χ2n) is 6.45. The van der Waals surface area contributed by atoms with Gasteiger partial charge in [0.1, 0.15) is 0 Å². The molecule has 0 aliphatic heterocycles. The normalized spacial score (nSPS) is 30.6. The fourth-order valence-electron chi connectivity index (χ4n) is 3.98. The molecule has 0 spiro atoms. The number of nitrogens with one attached hydrogen (secondary N) is 1. The minimum Gasteiger partial charge on any atom is -0.349 e. The van der Waals surface area contributed by atoms with E-state index in [1.54, 1.807) is 11.3 Å². The molecule has 2 aliphatic rings. The van der Waals surface area contributed by atoms with Gasteiger partial charge in [-0.2, -0.15) is 0 Å². The lowest BCUT2D eigenvalue weighted by Gasteiger charge is -2.28. The van der Waals surface area contributed by atoms with Crippen LogP contribution in [-0.2, 0) is 0 Å². The van der Waals surface area contributed by atoms with Crippen LogP contribution in [0, 0.1) is 31.6 Å². The predicted molar refractivity (Wildman–Crippen MR) is 79.7 cm³/mol. The maximum Gasteiger partial charge on any atom is 0.261 e. The van der Waals surface area contributed by atoms with Crippen molar-refractivity contribution in [1.29, 1.82) is 0 Å². The van der Waals surface area contributed by atoms with Crippen molar-refractivity contribution in [3.8, 4) is 0 Å². The minimum atomic E-state index is 0.122. The molecule has 2 bridgehead atoms. The lowest BCUT2D eigenvalue weighted by atomic mass is 9.84. The summed E-state index contributed by atoms with van der Waals surface area (Å²) < 4.78 is 0. The van der Waals surface area contributed by atoms with Gasteiger partial charge in [-0.25, -0.2) is 0 Å². The van der Waals surface area contributed by atoms with E-state index in [1.165, 1.54) is 36.1 Å². The van der Waals surface area contributed by atoms with Crippen molar-refractivity contribution in [3.05, 3.63) is 21.4 Å². The van der Waals surface area contributed by atoms with Gasteiger partial charge in [0.15, 0.2) is 0 Å². The zero-order valence-corrected chi connectivity index (χ0v) is 12.8. The van der Waals surface area contributed by atoms with E-state index in [4.69, 9.17) is 0 Å². The van der Waals surface area contributed by atoms with E-state index >= 15 is 0 Å². The van der Waals surface area contributed by atoms with Gasteiger partial charge in [-0.1, -0.05) is 6.42 Å². The first-order chi connectivity index (χ1) is 9.04. The Morgan fingerprint density at radius 1 is 1.37 bits per heavy atom. The maximum absolute atomic E-state index is 12.3. The van der Waals surface area contributed by atoms with Gasteiger partial charge >= 0.3 is 0 Å². The van der Waals surface area contributed by atoms with Gasteiger partial charge in [0.05, 0.1) is 4.88 Å². The van der Waals surface area contributed by atoms with Crippen LogP contribution in [0.4, 0.5) is 0 Å². The number of hydrogen-bond donors (Lipinski definition) is 1. The fraction of sp³-hybridized carbons (Fsp3) is 0.688. The van der Waals surface area contributed by atoms with Crippen LogP contribution in [0.25, 0.3) is 0 Å². The first-order valence-electron chi connectivity index (χ1n) is 7.42. The average Bonchev–Trinajstić information content (AvgIpc) is 3.06. The highest BCUT2D eigenvalue weighted by atomic mass is 32.1. The summed E-state index contributed by atoms with van der Waals surface area (Å²) in [6.07, 6.45) is 5.54. The van der Waals surface area contributed by atoms with Gasteiger partial charge in [-0.3, -0.25) is 4.79 Å². The Morgan fingerprint density at radius 2 is 2.16 bits per heavy atom. The summed E-state index contributed by atoms with van der Waals surface area (Å²) in [7, 11) is 0. The van der Waals surface area contributed by atoms with Crippen LogP contribution in [-0.4, -0.2) is 11.9 Å². The molecule has 2 saturated carbocycles. The molecule has 3 heteroatoms. The molecule has 1 aromatic rings. The first-order valence-corrected chi connectivity index (χ1v) is 8.24. The van der Waals surface area contributed by atoms with Crippen LogP contribution in [0.3, 0.4) is 0 Å². The van der Waals surface area contributed by atoms with E-state index in [1.807, 2.05) is 6.07 Å². The van der Waals surface area contributed by atoms with Crippen LogP contribution in [0.2, 0.25) is 0 Å². The monoisotopic (exact) mass is 277 g/mol. The highest BCUT2D eigenvalue weighted by Crippen LogP contribution is 2.49. The third-order valence-corrected chi connectivity index (χ3v) is 6.33. The van der Waals surface area contributed by atoms with Crippen molar-refractivity contribution in [1.82, 2.24) is 5.32 Å². The quantitative estimate of drug-likeness (QED) is 0.891. The zero-order chi connectivity index (χ0) is 13.6. The second-order valence-corrected chi connectivity index (χ2v) is 7.71. The Morgan fingerprint density at radius 3 is 2.68 bits per heavy atom. The summed E-state index contributed by atoms with van der Waals surface area (Å²) in [5.74, 6) is 2.65. The number of aryl methyl sites for hydroxylation is 2. The molecule has 0 unspecified atom stereocenters. The van der Waals surface area contributed by atoms with Crippen LogP contribution in [0.5, 0.6) is 0 Å². The number of fused-ring (bicyclic) bond motifs is 2. The third kappa shape index (κ3) is 2.45. The zero-order valence-electron chi connectivity index (χ0n) is 12.0. The van der Waals surface area contributed by atoms with E-state index in [9.17, 15) is 4.79 Å². The molecule has 104 valence electrons. The number of rotatable bonds is 3.